The van der Waals surface area contributed by atoms with Gasteiger partial charge in [-0.2, -0.15) is 14.6 Å². The van der Waals surface area contributed by atoms with Crippen molar-refractivity contribution in [2.75, 3.05) is 6.61 Å². The Kier molecular flexibility index (Phi) is 3.72. The first-order valence-electron chi connectivity index (χ1n) is 6.74. The molecule has 0 saturated carbocycles. The second-order valence-electron chi connectivity index (χ2n) is 4.58. The third-order valence-corrected chi connectivity index (χ3v) is 4.01. The van der Waals surface area contributed by atoms with E-state index >= 15 is 0 Å². The van der Waals surface area contributed by atoms with Gasteiger partial charge in [-0.1, -0.05) is 29.5 Å². The lowest BCUT2D eigenvalue weighted by Gasteiger charge is -2.05. The van der Waals surface area contributed by atoms with Gasteiger partial charge in [-0.25, -0.2) is 0 Å². The molecule has 2 heterocycles. The molecule has 0 bridgehead atoms. The number of benzene rings is 1. The highest BCUT2D eigenvalue weighted by molar-refractivity contribution is 7.15. The molecular weight excluding hydrogens is 302 g/mol. The van der Waals surface area contributed by atoms with E-state index in [9.17, 15) is 9.59 Å². The van der Waals surface area contributed by atoms with Gasteiger partial charge in [0.05, 0.1) is 11.1 Å². The fraction of sp³-hybridized carbons (Fsp3) is 0.200. The molecule has 0 saturated heterocycles. The Balaban J connectivity index is 2.25. The zero-order chi connectivity index (χ0) is 15.7. The summed E-state index contributed by atoms with van der Waals surface area (Å²) < 4.78 is 7.16. The molecular formula is C15H13N3O3S. The number of aromatic nitrogens is 3. The number of fused-ring (bicyclic) bond motifs is 1. The number of hydrogen-bond acceptors (Lipinski definition) is 6. The molecule has 0 atom stereocenters. The fourth-order valence-corrected chi connectivity index (χ4v) is 2.91. The van der Waals surface area contributed by atoms with E-state index < -0.39 is 5.56 Å². The van der Waals surface area contributed by atoms with Crippen LogP contribution in [-0.4, -0.2) is 21.2 Å². The highest BCUT2D eigenvalue weighted by Gasteiger charge is 2.09. The number of ether oxygens (including phenoxy) is 1. The van der Waals surface area contributed by atoms with E-state index in [-0.39, 0.29) is 11.3 Å². The van der Waals surface area contributed by atoms with Crippen LogP contribution in [0.15, 0.2) is 33.9 Å². The molecule has 1 aromatic carbocycles. The lowest BCUT2D eigenvalue weighted by Crippen LogP contribution is -2.27. The number of rotatable bonds is 3. The van der Waals surface area contributed by atoms with Crippen molar-refractivity contribution in [3.05, 3.63) is 60.8 Å². The van der Waals surface area contributed by atoms with E-state index in [4.69, 9.17) is 4.74 Å². The van der Waals surface area contributed by atoms with Crippen LogP contribution in [0.5, 0.6) is 5.75 Å². The molecule has 112 valence electrons. The lowest BCUT2D eigenvalue weighted by atomic mass is 10.2. The van der Waals surface area contributed by atoms with E-state index in [1.54, 1.807) is 6.08 Å². The van der Waals surface area contributed by atoms with Gasteiger partial charge < -0.3 is 4.74 Å². The Hall–Kier alpha value is -2.54. The Bertz CT molecular complexity index is 1010. The Morgan fingerprint density at radius 3 is 2.86 bits per heavy atom. The van der Waals surface area contributed by atoms with Crippen molar-refractivity contribution < 1.29 is 4.74 Å². The first kappa shape index (κ1) is 14.4. The van der Waals surface area contributed by atoms with Gasteiger partial charge in [-0.05, 0) is 26.0 Å². The van der Waals surface area contributed by atoms with Crippen LogP contribution >= 0.6 is 11.3 Å². The molecule has 0 amide bonds. The summed E-state index contributed by atoms with van der Waals surface area (Å²) in [6.07, 6.45) is 1.73. The van der Waals surface area contributed by atoms with Gasteiger partial charge in [0.2, 0.25) is 4.96 Å². The minimum Gasteiger partial charge on any atom is -0.493 e. The number of nitrogens with zero attached hydrogens (tertiary/aromatic N) is 3. The van der Waals surface area contributed by atoms with Gasteiger partial charge in [0, 0.05) is 5.56 Å². The second kappa shape index (κ2) is 5.69. The molecule has 0 unspecified atom stereocenters. The largest absolute Gasteiger partial charge is 0.493 e. The van der Waals surface area contributed by atoms with Crippen molar-refractivity contribution in [2.24, 2.45) is 0 Å². The fourth-order valence-electron chi connectivity index (χ4n) is 2.01. The average molecular weight is 315 g/mol. The highest BCUT2D eigenvalue weighted by Crippen LogP contribution is 2.18. The average Bonchev–Trinajstić information content (AvgIpc) is 2.78. The van der Waals surface area contributed by atoms with Gasteiger partial charge in [0.25, 0.3) is 11.1 Å². The molecule has 22 heavy (non-hydrogen) atoms. The predicted octanol–water partition coefficient (Wildman–Crippen LogP) is 0.766. The molecule has 2 aromatic heterocycles. The zero-order valence-electron chi connectivity index (χ0n) is 12.1. The maximum absolute atomic E-state index is 12.4. The molecule has 0 aliphatic carbocycles. The quantitative estimate of drug-likeness (QED) is 0.713. The first-order valence-corrected chi connectivity index (χ1v) is 7.56. The predicted molar refractivity (Wildman–Crippen MR) is 84.5 cm³/mol. The van der Waals surface area contributed by atoms with E-state index in [0.717, 1.165) is 21.4 Å². The van der Waals surface area contributed by atoms with Crippen LogP contribution < -0.4 is 20.4 Å². The third-order valence-electron chi connectivity index (χ3n) is 3.05. The SMILES string of the molecule is CCOc1ccccc1/C=c1\sc2nc(=O)c(C)nn2c1=O. The van der Waals surface area contributed by atoms with Crippen molar-refractivity contribution in [3.63, 3.8) is 0 Å². The van der Waals surface area contributed by atoms with E-state index in [2.05, 4.69) is 10.1 Å². The maximum Gasteiger partial charge on any atom is 0.295 e. The summed E-state index contributed by atoms with van der Waals surface area (Å²) in [4.78, 5) is 28.1. The van der Waals surface area contributed by atoms with Crippen LogP contribution in [0, 0.1) is 6.92 Å². The number of para-hydroxylation sites is 1. The normalized spacial score (nSPS) is 12.0. The molecule has 0 N–H and O–H groups in total. The number of aryl methyl sites for hydroxylation is 1. The molecule has 3 aromatic rings. The molecule has 6 nitrogen and oxygen atoms in total. The minimum absolute atomic E-state index is 0.202. The Morgan fingerprint density at radius 2 is 2.09 bits per heavy atom. The number of hydrogen-bond donors (Lipinski definition) is 0. The maximum atomic E-state index is 12.4. The molecule has 7 heteroatoms. The Labute approximate surface area is 129 Å². The molecule has 0 radical (unpaired) electrons. The standard InChI is InChI=1S/C15H13N3O3S/c1-3-21-11-7-5-4-6-10(11)8-12-14(20)18-15(22-12)16-13(19)9(2)17-18/h4-8H,3H2,1-2H3/b12-8-. The van der Waals surface area contributed by atoms with E-state index in [1.165, 1.54) is 6.92 Å². The summed E-state index contributed by atoms with van der Waals surface area (Å²) >= 11 is 1.13. The molecule has 3 rings (SSSR count). The smallest absolute Gasteiger partial charge is 0.295 e. The number of thiazole rings is 1. The van der Waals surface area contributed by atoms with Gasteiger partial charge in [0.1, 0.15) is 11.4 Å². The van der Waals surface area contributed by atoms with Crippen LogP contribution in [0.25, 0.3) is 11.0 Å². The monoisotopic (exact) mass is 315 g/mol. The topological polar surface area (TPSA) is 73.6 Å². The van der Waals surface area contributed by atoms with Gasteiger partial charge in [-0.3, -0.25) is 9.59 Å². The molecule has 0 aliphatic rings. The van der Waals surface area contributed by atoms with Crippen LogP contribution in [-0.2, 0) is 0 Å². The summed E-state index contributed by atoms with van der Waals surface area (Å²) in [5, 5.41) is 3.98. The van der Waals surface area contributed by atoms with Crippen LogP contribution in [0.4, 0.5) is 0 Å². The first-order chi connectivity index (χ1) is 10.6. The van der Waals surface area contributed by atoms with Crippen molar-refractivity contribution in [1.82, 2.24) is 14.6 Å². The summed E-state index contributed by atoms with van der Waals surface area (Å²) in [7, 11) is 0. The van der Waals surface area contributed by atoms with Crippen molar-refractivity contribution >= 4 is 22.4 Å². The second-order valence-corrected chi connectivity index (χ2v) is 5.59. The zero-order valence-corrected chi connectivity index (χ0v) is 12.9. The van der Waals surface area contributed by atoms with Crippen molar-refractivity contribution in [3.8, 4) is 5.75 Å². The Morgan fingerprint density at radius 1 is 1.32 bits per heavy atom. The summed E-state index contributed by atoms with van der Waals surface area (Å²) in [6.45, 7) is 3.97. The third kappa shape index (κ3) is 2.50. The van der Waals surface area contributed by atoms with Crippen LogP contribution in [0.1, 0.15) is 18.2 Å². The van der Waals surface area contributed by atoms with Crippen molar-refractivity contribution in [2.45, 2.75) is 13.8 Å². The molecule has 0 aliphatic heterocycles. The van der Waals surface area contributed by atoms with Gasteiger partial charge in [-0.15, -0.1) is 0 Å². The van der Waals surface area contributed by atoms with Crippen LogP contribution in [0.3, 0.4) is 0 Å². The highest BCUT2D eigenvalue weighted by atomic mass is 32.1. The summed E-state index contributed by atoms with van der Waals surface area (Å²) in [6, 6.07) is 7.45. The minimum atomic E-state index is -0.414. The molecule has 0 spiro atoms. The van der Waals surface area contributed by atoms with E-state index in [1.807, 2.05) is 31.2 Å². The molecule has 0 fully saturated rings. The van der Waals surface area contributed by atoms with Crippen LogP contribution in [0.2, 0.25) is 0 Å². The summed E-state index contributed by atoms with van der Waals surface area (Å²) in [5.74, 6) is 0.702. The van der Waals surface area contributed by atoms with E-state index in [0.29, 0.717) is 21.8 Å². The van der Waals surface area contributed by atoms with Gasteiger partial charge in [0.15, 0.2) is 0 Å². The van der Waals surface area contributed by atoms with Gasteiger partial charge >= 0.3 is 0 Å². The lowest BCUT2D eigenvalue weighted by molar-refractivity contribution is 0.339. The van der Waals surface area contributed by atoms with Crippen molar-refractivity contribution in [1.29, 1.82) is 0 Å². The summed E-state index contributed by atoms with van der Waals surface area (Å²) in [5.41, 5.74) is 0.297.